The van der Waals surface area contributed by atoms with Crippen molar-refractivity contribution in [3.63, 3.8) is 0 Å². The van der Waals surface area contributed by atoms with E-state index < -0.39 is 17.7 Å². The Kier molecular flexibility index (Phi) is 4.53. The summed E-state index contributed by atoms with van der Waals surface area (Å²) in [5.74, 6) is -1.47. The zero-order valence-electron chi connectivity index (χ0n) is 11.5. The van der Waals surface area contributed by atoms with Crippen molar-refractivity contribution in [2.45, 2.75) is 39.3 Å². The van der Waals surface area contributed by atoms with Crippen LogP contribution in [-0.2, 0) is 11.0 Å². The summed E-state index contributed by atoms with van der Waals surface area (Å²) < 4.78 is 37.2. The maximum atomic E-state index is 12.4. The van der Waals surface area contributed by atoms with Crippen LogP contribution in [0.2, 0.25) is 0 Å². The summed E-state index contributed by atoms with van der Waals surface area (Å²) in [5, 5.41) is 9.04. The fourth-order valence-corrected chi connectivity index (χ4v) is 1.67. The second kappa shape index (κ2) is 5.61. The van der Waals surface area contributed by atoms with Crippen LogP contribution in [0.1, 0.15) is 44.4 Å². The average molecular weight is 284 g/mol. The first-order chi connectivity index (χ1) is 9.04. The molecule has 0 amide bonds. The first-order valence-electron chi connectivity index (χ1n) is 6.00. The lowest BCUT2D eigenvalue weighted by atomic mass is 9.85. The fourth-order valence-electron chi connectivity index (χ4n) is 1.67. The van der Waals surface area contributed by atoms with E-state index in [0.29, 0.717) is 6.20 Å². The molecule has 3 nitrogen and oxygen atoms in total. The molecule has 1 atom stereocenters. The van der Waals surface area contributed by atoms with Crippen LogP contribution >= 0.6 is 0 Å². The van der Waals surface area contributed by atoms with Gasteiger partial charge in [0.2, 0.25) is 0 Å². The molecule has 0 saturated heterocycles. The molecule has 0 aliphatic heterocycles. The lowest BCUT2D eigenvalue weighted by Gasteiger charge is -2.18. The molecular weight excluding hydrogens is 269 g/mol. The molecule has 0 aromatic carbocycles. The summed E-state index contributed by atoms with van der Waals surface area (Å²) in [6.07, 6.45) is -3.68. The van der Waals surface area contributed by atoms with Gasteiger partial charge in [0.25, 0.3) is 0 Å². The first-order valence-corrected chi connectivity index (χ1v) is 6.00. The zero-order chi connectivity index (χ0) is 15.6. The van der Waals surface area contributed by atoms with Crippen LogP contribution in [0.5, 0.6) is 0 Å². The van der Waals surface area contributed by atoms with Gasteiger partial charge in [-0.1, -0.05) is 20.8 Å². The number of halogens is 3. The van der Waals surface area contributed by atoms with E-state index in [9.17, 15) is 18.0 Å². The van der Waals surface area contributed by atoms with Gasteiger partial charge in [0, 0.05) is 12.6 Å². The van der Waals surface area contributed by atoms with E-state index in [1.807, 2.05) is 20.8 Å². The molecule has 1 rings (SSSR count). The van der Waals surface area contributed by atoms with E-state index in [1.54, 1.807) is 6.07 Å². The lowest BCUT2D eigenvalue weighted by molar-refractivity contribution is -0.137. The lowest BCUT2D eigenvalue weighted by Crippen LogP contribution is -2.19. The van der Waals surface area contributed by atoms with E-state index >= 15 is 0 Å². The number of alkyl halides is 3. The molecule has 0 aliphatic rings. The summed E-state index contributed by atoms with van der Waals surface area (Å²) >= 11 is 0. The highest BCUT2D eigenvalue weighted by molar-refractivity contribution is 5.88. The Hall–Kier alpha value is -1.90. The molecule has 0 bridgehead atoms. The Bertz CT molecular complexity index is 521. The van der Waals surface area contributed by atoms with Crippen LogP contribution in [0.3, 0.4) is 0 Å². The van der Waals surface area contributed by atoms with Gasteiger partial charge in [-0.3, -0.25) is 9.78 Å². The first kappa shape index (κ1) is 16.2. The normalized spacial score (nSPS) is 13.7. The molecule has 1 aromatic rings. The van der Waals surface area contributed by atoms with E-state index in [2.05, 4.69) is 4.98 Å². The van der Waals surface area contributed by atoms with Crippen molar-refractivity contribution < 1.29 is 18.0 Å². The monoisotopic (exact) mass is 284 g/mol. The molecule has 1 aromatic heterocycles. The van der Waals surface area contributed by atoms with Crippen molar-refractivity contribution in [2.75, 3.05) is 0 Å². The fraction of sp³-hybridized carbons (Fsp3) is 0.500. The van der Waals surface area contributed by atoms with Crippen molar-refractivity contribution in [1.82, 2.24) is 4.98 Å². The van der Waals surface area contributed by atoms with Gasteiger partial charge >= 0.3 is 6.18 Å². The highest BCUT2D eigenvalue weighted by atomic mass is 19.4. The summed E-state index contributed by atoms with van der Waals surface area (Å²) in [6.45, 7) is 5.54. The summed E-state index contributed by atoms with van der Waals surface area (Å²) in [5.41, 5.74) is -1.14. The number of aromatic nitrogens is 1. The van der Waals surface area contributed by atoms with Gasteiger partial charge in [-0.05, 0) is 17.5 Å². The Balaban J connectivity index is 2.98. The largest absolute Gasteiger partial charge is 0.417 e. The second-order valence-corrected chi connectivity index (χ2v) is 5.74. The maximum Gasteiger partial charge on any atom is 0.417 e. The zero-order valence-corrected chi connectivity index (χ0v) is 11.5. The van der Waals surface area contributed by atoms with Crippen LogP contribution in [0.15, 0.2) is 18.3 Å². The summed E-state index contributed by atoms with van der Waals surface area (Å²) in [7, 11) is 0. The van der Waals surface area contributed by atoms with Gasteiger partial charge in [-0.25, -0.2) is 0 Å². The van der Waals surface area contributed by atoms with Gasteiger partial charge in [0.05, 0.1) is 17.3 Å². The topological polar surface area (TPSA) is 53.8 Å². The number of pyridine rings is 1. The molecule has 6 heteroatoms. The minimum atomic E-state index is -4.48. The van der Waals surface area contributed by atoms with Gasteiger partial charge in [0.1, 0.15) is 5.92 Å². The minimum Gasteiger partial charge on any atom is -0.298 e. The quantitative estimate of drug-likeness (QED) is 0.850. The smallest absolute Gasteiger partial charge is 0.298 e. The number of hydrogen-bond donors (Lipinski definition) is 0. The molecule has 0 fully saturated rings. The van der Waals surface area contributed by atoms with E-state index in [4.69, 9.17) is 5.26 Å². The minimum absolute atomic E-state index is 0.0507. The SMILES string of the molecule is CC(C)(C)CC(=O)[C@@H](C#N)c1ccc(C(F)(F)F)cn1. The molecule has 1 heterocycles. The molecule has 0 spiro atoms. The van der Waals surface area contributed by atoms with E-state index in [0.717, 1.165) is 12.1 Å². The number of nitrogens with zero attached hydrogens (tertiary/aromatic N) is 2. The Morgan fingerprint density at radius 3 is 2.30 bits per heavy atom. The number of ketones is 1. The number of hydrogen-bond acceptors (Lipinski definition) is 3. The van der Waals surface area contributed by atoms with Crippen LogP contribution in [0, 0.1) is 16.7 Å². The summed E-state index contributed by atoms with van der Waals surface area (Å²) in [6, 6.07) is 3.72. The average Bonchev–Trinajstić information content (AvgIpc) is 2.27. The Morgan fingerprint density at radius 2 is 1.95 bits per heavy atom. The van der Waals surface area contributed by atoms with Crippen molar-refractivity contribution in [1.29, 1.82) is 5.26 Å². The molecular formula is C14H15F3N2O. The number of carbonyl (C=O) groups is 1. The van der Waals surface area contributed by atoms with Gasteiger partial charge in [-0.2, -0.15) is 18.4 Å². The third kappa shape index (κ3) is 4.34. The van der Waals surface area contributed by atoms with Crippen LogP contribution in [0.4, 0.5) is 13.2 Å². The highest BCUT2D eigenvalue weighted by Crippen LogP contribution is 2.30. The number of rotatable bonds is 3. The van der Waals surface area contributed by atoms with Crippen molar-refractivity contribution >= 4 is 5.78 Å². The standard InChI is InChI=1S/C14H15F3N2O/c1-13(2,3)6-12(20)10(7-18)11-5-4-9(8-19-11)14(15,16)17/h4-5,8,10H,6H2,1-3H3/t10-/m0/s1. The third-order valence-corrected chi connectivity index (χ3v) is 2.57. The molecule has 108 valence electrons. The Labute approximate surface area is 115 Å². The van der Waals surface area contributed by atoms with Crippen molar-refractivity contribution in [2.24, 2.45) is 5.41 Å². The highest BCUT2D eigenvalue weighted by Gasteiger charge is 2.32. The third-order valence-electron chi connectivity index (χ3n) is 2.57. The number of carbonyl (C=O) groups excluding carboxylic acids is 1. The van der Waals surface area contributed by atoms with Crippen LogP contribution < -0.4 is 0 Å². The molecule has 0 radical (unpaired) electrons. The van der Waals surface area contributed by atoms with Gasteiger partial charge in [-0.15, -0.1) is 0 Å². The number of nitriles is 1. The predicted octanol–water partition coefficient (Wildman–Crippen LogP) is 3.71. The van der Waals surface area contributed by atoms with Gasteiger partial charge < -0.3 is 0 Å². The Morgan fingerprint density at radius 1 is 1.35 bits per heavy atom. The van der Waals surface area contributed by atoms with Crippen LogP contribution in [0.25, 0.3) is 0 Å². The molecule has 20 heavy (non-hydrogen) atoms. The predicted molar refractivity (Wildman–Crippen MR) is 66.7 cm³/mol. The van der Waals surface area contributed by atoms with E-state index in [-0.39, 0.29) is 23.3 Å². The molecule has 0 N–H and O–H groups in total. The van der Waals surface area contributed by atoms with Gasteiger partial charge in [0.15, 0.2) is 5.78 Å². The maximum absolute atomic E-state index is 12.4. The molecule has 0 saturated carbocycles. The molecule has 0 unspecified atom stereocenters. The van der Waals surface area contributed by atoms with Crippen molar-refractivity contribution in [3.8, 4) is 6.07 Å². The van der Waals surface area contributed by atoms with Crippen LogP contribution in [-0.4, -0.2) is 10.8 Å². The number of Topliss-reactive ketones (excluding diaryl/α,β-unsaturated/α-hetero) is 1. The summed E-state index contributed by atoms with van der Waals surface area (Å²) in [4.78, 5) is 15.6. The van der Waals surface area contributed by atoms with E-state index in [1.165, 1.54) is 0 Å². The van der Waals surface area contributed by atoms with Crippen molar-refractivity contribution in [3.05, 3.63) is 29.6 Å². The second-order valence-electron chi connectivity index (χ2n) is 5.74. The molecule has 0 aliphatic carbocycles.